The van der Waals surface area contributed by atoms with Gasteiger partial charge in [-0.05, 0) is 49.8 Å². The van der Waals surface area contributed by atoms with Gasteiger partial charge >= 0.3 is 0 Å². The highest BCUT2D eigenvalue weighted by Gasteiger charge is 2.76. The minimum Gasteiger partial charge on any atom is -0.493 e. The zero-order valence-corrected chi connectivity index (χ0v) is 17.6. The maximum Gasteiger partial charge on any atom is 0.229 e. The Kier molecular flexibility index (Phi) is 3.29. The molecule has 6 atom stereocenters. The lowest BCUT2D eigenvalue weighted by molar-refractivity contribution is -0.140. The Hall–Kier alpha value is -2.05. The van der Waals surface area contributed by atoms with Crippen LogP contribution in [0.3, 0.4) is 0 Å². The molecule has 7 rings (SSSR count). The van der Waals surface area contributed by atoms with Gasteiger partial charge < -0.3 is 24.4 Å². The van der Waals surface area contributed by atoms with Gasteiger partial charge in [-0.1, -0.05) is 11.6 Å². The van der Waals surface area contributed by atoms with Gasteiger partial charge in [0.05, 0.1) is 45.1 Å². The lowest BCUT2D eigenvalue weighted by atomic mass is 9.40. The number of benzene rings is 1. The quantitative estimate of drug-likeness (QED) is 0.763. The summed E-state index contributed by atoms with van der Waals surface area (Å²) in [5.74, 6) is 2.50. The van der Waals surface area contributed by atoms with Gasteiger partial charge in [0.15, 0.2) is 11.5 Å². The largest absolute Gasteiger partial charge is 0.493 e. The molecule has 2 aliphatic carbocycles. The van der Waals surface area contributed by atoms with E-state index in [2.05, 4.69) is 22.4 Å². The van der Waals surface area contributed by atoms with Crippen molar-refractivity contribution >= 4 is 11.6 Å². The first-order valence-corrected chi connectivity index (χ1v) is 11.3. The fourth-order valence-electron chi connectivity index (χ4n) is 8.18. The molecule has 6 nitrogen and oxygen atoms in total. The second-order valence-electron chi connectivity index (χ2n) is 9.91. The first kappa shape index (κ1) is 17.6. The van der Waals surface area contributed by atoms with E-state index < -0.39 is 0 Å². The summed E-state index contributed by atoms with van der Waals surface area (Å²) in [6, 6.07) is 4.35. The molecule has 1 N–H and O–H groups in total. The van der Waals surface area contributed by atoms with Gasteiger partial charge in [-0.3, -0.25) is 4.79 Å². The van der Waals surface area contributed by atoms with Crippen LogP contribution in [0.1, 0.15) is 37.7 Å². The summed E-state index contributed by atoms with van der Waals surface area (Å²) in [5, 5.41) is 4.01. The van der Waals surface area contributed by atoms with Crippen molar-refractivity contribution in [3.63, 3.8) is 0 Å². The average Bonchev–Trinajstić information content (AvgIpc) is 2.83. The number of amides is 1. The van der Waals surface area contributed by atoms with E-state index in [4.69, 9.17) is 14.2 Å². The Morgan fingerprint density at radius 2 is 2.03 bits per heavy atom. The highest BCUT2D eigenvalue weighted by molar-refractivity contribution is 6.00. The number of nitrogens with zero attached hydrogens (tertiary/aromatic N) is 1. The highest BCUT2D eigenvalue weighted by atomic mass is 16.5. The van der Waals surface area contributed by atoms with E-state index >= 15 is 0 Å². The third kappa shape index (κ3) is 1.75. The summed E-state index contributed by atoms with van der Waals surface area (Å²) >= 11 is 0. The Balaban J connectivity index is 1.52. The molecule has 0 aromatic heterocycles. The minimum absolute atomic E-state index is 0.0178. The van der Waals surface area contributed by atoms with Crippen molar-refractivity contribution in [2.24, 2.45) is 11.8 Å². The van der Waals surface area contributed by atoms with Gasteiger partial charge in [-0.25, -0.2) is 0 Å². The molecule has 0 radical (unpaired) electrons. The Bertz CT molecular complexity index is 1010. The summed E-state index contributed by atoms with van der Waals surface area (Å²) < 4.78 is 17.7. The van der Waals surface area contributed by atoms with Crippen molar-refractivity contribution in [3.05, 3.63) is 29.3 Å². The Morgan fingerprint density at radius 3 is 2.80 bits per heavy atom. The number of piperidine rings is 1. The predicted molar refractivity (Wildman–Crippen MR) is 111 cm³/mol. The zero-order chi connectivity index (χ0) is 20.3. The van der Waals surface area contributed by atoms with Crippen LogP contribution in [0, 0.1) is 11.8 Å². The molecule has 1 aromatic carbocycles. The van der Waals surface area contributed by atoms with Gasteiger partial charge in [0.1, 0.15) is 0 Å². The number of methoxy groups -OCH3 is 2. The van der Waals surface area contributed by atoms with Crippen molar-refractivity contribution in [2.75, 3.05) is 32.3 Å². The van der Waals surface area contributed by atoms with Crippen LogP contribution >= 0.6 is 0 Å². The molecule has 1 amide bonds. The minimum atomic E-state index is -0.0689. The summed E-state index contributed by atoms with van der Waals surface area (Å²) in [6.45, 7) is 1.65. The molecule has 2 bridgehead atoms. The van der Waals surface area contributed by atoms with E-state index in [0.29, 0.717) is 30.6 Å². The molecule has 2 saturated carbocycles. The molecular formula is C24H28N2O4. The third-order valence-electron chi connectivity index (χ3n) is 9.31. The van der Waals surface area contributed by atoms with Crippen LogP contribution in [-0.4, -0.2) is 51.0 Å². The van der Waals surface area contributed by atoms with E-state index in [1.807, 2.05) is 6.07 Å². The van der Waals surface area contributed by atoms with E-state index in [-0.39, 0.29) is 29.0 Å². The Morgan fingerprint density at radius 1 is 1.20 bits per heavy atom. The molecular weight excluding hydrogens is 380 g/mol. The standard InChI is InChI=1S/C24H28N2O4/c1-28-17-9-15-16(10-18(17)29-2)26-20(27)11-19-21-14-12-23(5-6-24(15,23)22(21)26)25-7-3-13(14)4-8-30-19/h4,9-10,14,19,21-22,25H,3,5-8,11-12H2,1-2H3. The molecule has 6 aliphatic rings. The first-order chi connectivity index (χ1) is 14.6. The van der Waals surface area contributed by atoms with Crippen molar-refractivity contribution < 1.29 is 19.0 Å². The van der Waals surface area contributed by atoms with Crippen LogP contribution in [0.5, 0.6) is 11.5 Å². The zero-order valence-electron chi connectivity index (χ0n) is 17.6. The summed E-state index contributed by atoms with van der Waals surface area (Å²) in [4.78, 5) is 15.7. The van der Waals surface area contributed by atoms with Crippen LogP contribution in [0.25, 0.3) is 0 Å². The summed E-state index contributed by atoms with van der Waals surface area (Å²) in [5.41, 5.74) is 3.83. The van der Waals surface area contributed by atoms with Gasteiger partial charge in [-0.15, -0.1) is 0 Å². The molecule has 4 aliphatic heterocycles. The van der Waals surface area contributed by atoms with Gasteiger partial charge in [0.25, 0.3) is 0 Å². The van der Waals surface area contributed by atoms with E-state index in [1.165, 1.54) is 12.0 Å². The van der Waals surface area contributed by atoms with Crippen molar-refractivity contribution in [2.45, 2.75) is 55.2 Å². The number of nitrogens with one attached hydrogen (secondary N) is 1. The maximum atomic E-state index is 13.5. The highest BCUT2D eigenvalue weighted by Crippen LogP contribution is 2.71. The molecule has 1 aromatic rings. The van der Waals surface area contributed by atoms with Crippen LogP contribution in [-0.2, 0) is 14.9 Å². The number of hydrogen-bond donors (Lipinski definition) is 1. The fourth-order valence-corrected chi connectivity index (χ4v) is 8.18. The molecule has 2 saturated heterocycles. The number of ether oxygens (including phenoxy) is 3. The molecule has 6 heteroatoms. The van der Waals surface area contributed by atoms with Crippen LogP contribution in [0.2, 0.25) is 0 Å². The summed E-state index contributed by atoms with van der Waals surface area (Å²) in [6.07, 6.45) is 7.32. The van der Waals surface area contributed by atoms with Gasteiger partial charge in [0, 0.05) is 22.9 Å². The number of carbonyl (C=O) groups excluding carboxylic acids is 1. The second-order valence-corrected chi connectivity index (χ2v) is 9.91. The molecule has 4 fully saturated rings. The number of rotatable bonds is 2. The number of carbonyl (C=O) groups is 1. The first-order valence-electron chi connectivity index (χ1n) is 11.3. The fraction of sp³-hybridized carbons (Fsp3) is 0.625. The predicted octanol–water partition coefficient (Wildman–Crippen LogP) is 2.55. The molecule has 158 valence electrons. The van der Waals surface area contributed by atoms with Crippen molar-refractivity contribution in [1.29, 1.82) is 0 Å². The normalized spacial score (nSPS) is 42.3. The smallest absolute Gasteiger partial charge is 0.229 e. The van der Waals surface area contributed by atoms with Crippen molar-refractivity contribution in [3.8, 4) is 11.5 Å². The molecule has 6 unspecified atom stereocenters. The second kappa shape index (κ2) is 5.60. The molecule has 4 heterocycles. The topological polar surface area (TPSA) is 60.0 Å². The summed E-state index contributed by atoms with van der Waals surface area (Å²) in [7, 11) is 3.36. The Labute approximate surface area is 176 Å². The van der Waals surface area contributed by atoms with Crippen LogP contribution in [0.15, 0.2) is 23.8 Å². The van der Waals surface area contributed by atoms with E-state index in [0.717, 1.165) is 37.2 Å². The third-order valence-corrected chi connectivity index (χ3v) is 9.31. The monoisotopic (exact) mass is 408 g/mol. The number of anilines is 1. The maximum absolute atomic E-state index is 13.5. The SMILES string of the molecule is COc1cc2c(cc1OC)C13CCC14CC1C(=CCOC5CC(=O)N2C3C51)CCN4. The number of fused-ring (bicyclic) bond motifs is 2. The van der Waals surface area contributed by atoms with Crippen LogP contribution < -0.4 is 19.7 Å². The van der Waals surface area contributed by atoms with E-state index in [9.17, 15) is 4.79 Å². The number of hydrogen-bond acceptors (Lipinski definition) is 5. The lowest BCUT2D eigenvalue weighted by Crippen LogP contribution is -2.79. The average molecular weight is 408 g/mol. The molecule has 30 heavy (non-hydrogen) atoms. The van der Waals surface area contributed by atoms with Gasteiger partial charge in [0.2, 0.25) is 5.91 Å². The lowest BCUT2D eigenvalue weighted by Gasteiger charge is -2.68. The van der Waals surface area contributed by atoms with Crippen LogP contribution in [0.4, 0.5) is 5.69 Å². The van der Waals surface area contributed by atoms with E-state index in [1.54, 1.807) is 19.8 Å². The van der Waals surface area contributed by atoms with Gasteiger partial charge in [-0.2, -0.15) is 0 Å². The molecule has 2 spiro atoms. The van der Waals surface area contributed by atoms with Crippen molar-refractivity contribution in [1.82, 2.24) is 5.32 Å².